The summed E-state index contributed by atoms with van der Waals surface area (Å²) < 4.78 is 38.3. The summed E-state index contributed by atoms with van der Waals surface area (Å²) in [5.41, 5.74) is -0.642. The number of rotatable bonds is 6. The predicted molar refractivity (Wildman–Crippen MR) is 102 cm³/mol. The van der Waals surface area contributed by atoms with Gasteiger partial charge in [-0.2, -0.15) is 13.2 Å². The van der Waals surface area contributed by atoms with E-state index in [1.165, 1.54) is 18.2 Å². The van der Waals surface area contributed by atoms with E-state index in [1.54, 1.807) is 0 Å². The first-order valence-corrected chi connectivity index (χ1v) is 9.37. The largest absolute Gasteiger partial charge is 0.416 e. The summed E-state index contributed by atoms with van der Waals surface area (Å²) in [5.74, 6) is -0.359. The second kappa shape index (κ2) is 9.57. The van der Waals surface area contributed by atoms with Crippen LogP contribution in [0.4, 0.5) is 13.2 Å². The lowest BCUT2D eigenvalue weighted by molar-refractivity contribution is -0.137. The molecule has 0 bridgehead atoms. The molecule has 0 aliphatic carbocycles. The summed E-state index contributed by atoms with van der Waals surface area (Å²) in [6.07, 6.45) is -1.94. The van der Waals surface area contributed by atoms with Crippen LogP contribution in [0, 0.1) is 0 Å². The zero-order valence-corrected chi connectivity index (χ0v) is 16.3. The van der Waals surface area contributed by atoms with E-state index >= 15 is 0 Å². The van der Waals surface area contributed by atoms with Gasteiger partial charge in [-0.15, -0.1) is 0 Å². The van der Waals surface area contributed by atoms with Crippen molar-refractivity contribution in [2.75, 3.05) is 39.3 Å². The van der Waals surface area contributed by atoms with E-state index in [0.717, 1.165) is 44.9 Å². The van der Waals surface area contributed by atoms with E-state index in [1.807, 2.05) is 0 Å². The highest BCUT2D eigenvalue weighted by atomic mass is 35.5. The summed E-state index contributed by atoms with van der Waals surface area (Å²) in [5, 5.41) is 2.95. The molecule has 1 aromatic rings. The van der Waals surface area contributed by atoms with Crippen molar-refractivity contribution >= 4 is 23.6 Å². The lowest BCUT2D eigenvalue weighted by atomic mass is 10.1. The molecule has 0 radical (unpaired) electrons. The number of alkyl halides is 3. The van der Waals surface area contributed by atoms with Crippen molar-refractivity contribution in [2.24, 2.45) is 0 Å². The number of nitrogens with one attached hydrogen (secondary N) is 1. The van der Waals surface area contributed by atoms with Gasteiger partial charge in [0.05, 0.1) is 5.56 Å². The fourth-order valence-electron chi connectivity index (χ4n) is 2.97. The SMILES string of the molecule is CCN1CCN(C(C)CNC(=O)/C=C/c2cc(C(F)(F)F)ccc2Cl)CC1. The quantitative estimate of drug-likeness (QED) is 0.738. The van der Waals surface area contributed by atoms with Crippen molar-refractivity contribution < 1.29 is 18.0 Å². The molecule has 1 heterocycles. The fourth-order valence-corrected chi connectivity index (χ4v) is 3.15. The summed E-state index contributed by atoms with van der Waals surface area (Å²) in [6.45, 7) is 9.66. The van der Waals surface area contributed by atoms with Crippen molar-refractivity contribution in [3.63, 3.8) is 0 Å². The minimum absolute atomic E-state index is 0.158. The Morgan fingerprint density at radius 1 is 1.30 bits per heavy atom. The number of benzene rings is 1. The monoisotopic (exact) mass is 403 g/mol. The number of amides is 1. The van der Waals surface area contributed by atoms with E-state index in [4.69, 9.17) is 11.6 Å². The van der Waals surface area contributed by atoms with Crippen LogP contribution < -0.4 is 5.32 Å². The van der Waals surface area contributed by atoms with Crippen LogP contribution in [-0.4, -0.2) is 61.0 Å². The van der Waals surface area contributed by atoms with Crippen LogP contribution in [0.5, 0.6) is 0 Å². The smallest absolute Gasteiger partial charge is 0.351 e. The van der Waals surface area contributed by atoms with Crippen LogP contribution in [0.1, 0.15) is 25.0 Å². The second-order valence-corrected chi connectivity index (χ2v) is 7.04. The van der Waals surface area contributed by atoms with Crippen LogP contribution in [0.2, 0.25) is 5.02 Å². The molecule has 1 atom stereocenters. The Balaban J connectivity index is 1.87. The molecule has 4 nitrogen and oxygen atoms in total. The standard InChI is InChI=1S/C19H25ClF3N3O/c1-3-25-8-10-26(11-9-25)14(2)13-24-18(27)7-4-15-12-16(19(21,22)23)5-6-17(15)20/h4-7,12,14H,3,8-11,13H2,1-2H3,(H,24,27)/b7-4+. The third kappa shape index (κ3) is 6.52. The first kappa shape index (κ1) is 21.7. The predicted octanol–water partition coefficient (Wildman–Crippen LogP) is 3.51. The number of carbonyl (C=O) groups is 1. The van der Waals surface area contributed by atoms with Crippen molar-refractivity contribution in [1.29, 1.82) is 0 Å². The van der Waals surface area contributed by atoms with E-state index < -0.39 is 11.7 Å². The third-order valence-electron chi connectivity index (χ3n) is 4.79. The number of hydrogen-bond acceptors (Lipinski definition) is 3. The van der Waals surface area contributed by atoms with Gasteiger partial charge in [-0.1, -0.05) is 18.5 Å². The van der Waals surface area contributed by atoms with Gasteiger partial charge >= 0.3 is 6.18 Å². The van der Waals surface area contributed by atoms with E-state index in [9.17, 15) is 18.0 Å². The maximum atomic E-state index is 12.8. The maximum absolute atomic E-state index is 12.8. The lowest BCUT2D eigenvalue weighted by Gasteiger charge is -2.37. The molecular weight excluding hydrogens is 379 g/mol. The van der Waals surface area contributed by atoms with Crippen LogP contribution >= 0.6 is 11.6 Å². The first-order chi connectivity index (χ1) is 12.7. The van der Waals surface area contributed by atoms with Gasteiger partial charge in [0.25, 0.3) is 0 Å². The van der Waals surface area contributed by atoms with Gasteiger partial charge in [0.15, 0.2) is 0 Å². The average Bonchev–Trinajstić information content (AvgIpc) is 2.64. The Labute approximate surface area is 163 Å². The molecule has 2 rings (SSSR count). The number of hydrogen-bond donors (Lipinski definition) is 1. The fraction of sp³-hybridized carbons (Fsp3) is 0.526. The molecule has 1 amide bonds. The molecule has 1 N–H and O–H groups in total. The van der Waals surface area contributed by atoms with E-state index in [-0.39, 0.29) is 22.5 Å². The maximum Gasteiger partial charge on any atom is 0.416 e. The number of halogens is 4. The van der Waals surface area contributed by atoms with Crippen molar-refractivity contribution in [2.45, 2.75) is 26.1 Å². The molecule has 1 aliphatic rings. The van der Waals surface area contributed by atoms with Crippen molar-refractivity contribution in [3.8, 4) is 0 Å². The molecule has 8 heteroatoms. The minimum atomic E-state index is -4.45. The Kier molecular flexibility index (Phi) is 7.70. The van der Waals surface area contributed by atoms with Gasteiger partial charge in [-0.3, -0.25) is 9.69 Å². The highest BCUT2D eigenvalue weighted by Crippen LogP contribution is 2.32. The average molecular weight is 404 g/mol. The molecule has 1 aromatic carbocycles. The molecule has 0 spiro atoms. The third-order valence-corrected chi connectivity index (χ3v) is 5.13. The van der Waals surface area contributed by atoms with Crippen molar-refractivity contribution in [1.82, 2.24) is 15.1 Å². The Bertz CT molecular complexity index is 671. The van der Waals surface area contributed by atoms with Gasteiger partial charge in [-0.05, 0) is 43.3 Å². The molecule has 0 saturated carbocycles. The van der Waals surface area contributed by atoms with Crippen LogP contribution in [0.3, 0.4) is 0 Å². The van der Waals surface area contributed by atoms with Crippen LogP contribution in [0.25, 0.3) is 6.08 Å². The highest BCUT2D eigenvalue weighted by Gasteiger charge is 2.30. The van der Waals surface area contributed by atoms with Crippen LogP contribution in [0.15, 0.2) is 24.3 Å². The van der Waals surface area contributed by atoms with Gasteiger partial charge in [-0.25, -0.2) is 0 Å². The molecule has 150 valence electrons. The molecule has 1 aliphatic heterocycles. The normalized spacial score (nSPS) is 18.0. The van der Waals surface area contributed by atoms with Crippen molar-refractivity contribution in [3.05, 3.63) is 40.4 Å². The topological polar surface area (TPSA) is 35.6 Å². The number of nitrogens with zero attached hydrogens (tertiary/aromatic N) is 2. The Hall–Kier alpha value is -1.57. The summed E-state index contributed by atoms with van der Waals surface area (Å²) >= 11 is 5.92. The molecule has 27 heavy (non-hydrogen) atoms. The zero-order chi connectivity index (χ0) is 20.0. The number of likely N-dealkylation sites (N-methyl/N-ethyl adjacent to an activating group) is 1. The van der Waals surface area contributed by atoms with Crippen LogP contribution in [-0.2, 0) is 11.0 Å². The number of carbonyl (C=O) groups excluding carboxylic acids is 1. The summed E-state index contributed by atoms with van der Waals surface area (Å²) in [4.78, 5) is 16.7. The Morgan fingerprint density at radius 3 is 2.56 bits per heavy atom. The summed E-state index contributed by atoms with van der Waals surface area (Å²) in [7, 11) is 0. The van der Waals surface area contributed by atoms with E-state index in [2.05, 4.69) is 29.0 Å². The van der Waals surface area contributed by atoms with Gasteiger partial charge < -0.3 is 10.2 Å². The second-order valence-electron chi connectivity index (χ2n) is 6.63. The Morgan fingerprint density at radius 2 is 1.96 bits per heavy atom. The van der Waals surface area contributed by atoms with E-state index in [0.29, 0.717) is 6.54 Å². The number of piperazine rings is 1. The molecule has 1 unspecified atom stereocenters. The summed E-state index contributed by atoms with van der Waals surface area (Å²) in [6, 6.07) is 3.22. The lowest BCUT2D eigenvalue weighted by Crippen LogP contribution is -2.52. The zero-order valence-electron chi connectivity index (χ0n) is 15.5. The molecule has 1 fully saturated rings. The van der Waals surface area contributed by atoms with Gasteiger partial charge in [0.2, 0.25) is 5.91 Å². The molecule has 0 aromatic heterocycles. The molecule has 1 saturated heterocycles. The van der Waals surface area contributed by atoms with Gasteiger partial charge in [0, 0.05) is 49.9 Å². The van der Waals surface area contributed by atoms with Gasteiger partial charge in [0.1, 0.15) is 0 Å². The molecular formula is C19H25ClF3N3O. The minimum Gasteiger partial charge on any atom is -0.351 e. The first-order valence-electron chi connectivity index (χ1n) is 8.99. The highest BCUT2D eigenvalue weighted by molar-refractivity contribution is 6.32.